The number of hydrogen-bond acceptors (Lipinski definition) is 6. The van der Waals surface area contributed by atoms with E-state index in [1.165, 1.54) is 9.13 Å². The molecule has 3 rings (SSSR count). The van der Waals surface area contributed by atoms with Gasteiger partial charge in [-0.15, -0.1) is 0 Å². The summed E-state index contributed by atoms with van der Waals surface area (Å²) in [7, 11) is 3.29. The summed E-state index contributed by atoms with van der Waals surface area (Å²) in [5.74, 6) is 0.566. The van der Waals surface area contributed by atoms with Crippen molar-refractivity contribution in [3.63, 3.8) is 0 Å². The van der Waals surface area contributed by atoms with Gasteiger partial charge in [0, 0.05) is 26.1 Å². The highest BCUT2D eigenvalue weighted by Crippen LogP contribution is 2.28. The highest BCUT2D eigenvalue weighted by atomic mass is 16.5. The predicted molar refractivity (Wildman–Crippen MR) is 106 cm³/mol. The Bertz CT molecular complexity index is 1010. The normalized spacial score (nSPS) is 14.6. The van der Waals surface area contributed by atoms with Gasteiger partial charge in [0.25, 0.3) is 5.56 Å². The van der Waals surface area contributed by atoms with Crippen LogP contribution in [-0.4, -0.2) is 44.7 Å². The van der Waals surface area contributed by atoms with Crippen LogP contribution < -0.4 is 16.3 Å². The van der Waals surface area contributed by atoms with Crippen LogP contribution in [0.4, 0.5) is 5.95 Å². The molecule has 0 atom stereocenters. The first-order valence-corrected chi connectivity index (χ1v) is 9.25. The highest BCUT2D eigenvalue weighted by molar-refractivity contribution is 5.93. The summed E-state index contributed by atoms with van der Waals surface area (Å²) < 4.78 is 9.82. The Kier molecular flexibility index (Phi) is 4.98. The van der Waals surface area contributed by atoms with Crippen molar-refractivity contribution in [1.29, 1.82) is 0 Å². The smallest absolute Gasteiger partial charge is 0.332 e. The number of hydrazone groups is 1. The van der Waals surface area contributed by atoms with Crippen LogP contribution in [0.15, 0.2) is 14.7 Å². The lowest BCUT2D eigenvalue weighted by Gasteiger charge is -2.31. The van der Waals surface area contributed by atoms with Crippen molar-refractivity contribution < 1.29 is 4.74 Å². The number of anilines is 1. The Labute approximate surface area is 157 Å². The van der Waals surface area contributed by atoms with Gasteiger partial charge in [-0.25, -0.2) is 9.80 Å². The van der Waals surface area contributed by atoms with Crippen LogP contribution in [-0.2, 0) is 24.9 Å². The van der Waals surface area contributed by atoms with E-state index in [0.29, 0.717) is 49.8 Å². The minimum atomic E-state index is -0.342. The van der Waals surface area contributed by atoms with Crippen molar-refractivity contribution in [3.05, 3.63) is 20.8 Å². The second-order valence-electron chi connectivity index (χ2n) is 7.88. The predicted octanol–water partition coefficient (Wildman–Crippen LogP) is 1.18. The summed E-state index contributed by atoms with van der Waals surface area (Å²) in [6.07, 6.45) is 0.705. The van der Waals surface area contributed by atoms with E-state index in [9.17, 15) is 9.59 Å². The summed E-state index contributed by atoms with van der Waals surface area (Å²) in [5.41, 5.74) is 0.976. The molecule has 9 nitrogen and oxygen atoms in total. The van der Waals surface area contributed by atoms with E-state index in [1.54, 1.807) is 19.2 Å². The molecule has 27 heavy (non-hydrogen) atoms. The molecule has 0 saturated carbocycles. The van der Waals surface area contributed by atoms with Gasteiger partial charge in [0.2, 0.25) is 5.95 Å². The van der Waals surface area contributed by atoms with Gasteiger partial charge in [-0.05, 0) is 6.42 Å². The maximum Gasteiger partial charge on any atom is 0.332 e. The molecule has 2 aromatic heterocycles. The van der Waals surface area contributed by atoms with Crippen molar-refractivity contribution in [1.82, 2.24) is 18.7 Å². The van der Waals surface area contributed by atoms with Crippen LogP contribution in [0.5, 0.6) is 0 Å². The van der Waals surface area contributed by atoms with Gasteiger partial charge in [0.05, 0.1) is 25.4 Å². The molecule has 0 amide bonds. The van der Waals surface area contributed by atoms with E-state index in [0.717, 1.165) is 5.71 Å². The fraction of sp³-hybridized carbons (Fsp3) is 0.667. The average Bonchev–Trinajstić information content (AvgIpc) is 3.00. The van der Waals surface area contributed by atoms with Crippen LogP contribution in [0.1, 0.15) is 34.1 Å². The van der Waals surface area contributed by atoms with Gasteiger partial charge < -0.3 is 4.74 Å². The van der Waals surface area contributed by atoms with Crippen LogP contribution in [0, 0.1) is 5.41 Å². The lowest BCUT2D eigenvalue weighted by molar-refractivity contribution is 0.204. The third-order valence-corrected chi connectivity index (χ3v) is 4.81. The van der Waals surface area contributed by atoms with Crippen molar-refractivity contribution in [2.75, 3.05) is 25.3 Å². The zero-order valence-electron chi connectivity index (χ0n) is 16.9. The molecule has 0 N–H and O–H groups in total. The number of rotatable bonds is 5. The number of imidazole rings is 1. The van der Waals surface area contributed by atoms with Gasteiger partial charge >= 0.3 is 5.69 Å². The summed E-state index contributed by atoms with van der Waals surface area (Å²) in [4.78, 5) is 30.3. The fourth-order valence-electron chi connectivity index (χ4n) is 3.21. The minimum absolute atomic E-state index is 0.164. The number of ether oxygens (including phenoxy) is 1. The Morgan fingerprint density at radius 2 is 1.89 bits per heavy atom. The third-order valence-electron chi connectivity index (χ3n) is 4.81. The second kappa shape index (κ2) is 6.95. The molecular weight excluding hydrogens is 348 g/mol. The molecule has 3 heterocycles. The average molecular weight is 376 g/mol. The fourth-order valence-corrected chi connectivity index (χ4v) is 3.21. The van der Waals surface area contributed by atoms with Crippen molar-refractivity contribution >= 4 is 22.8 Å². The standard InChI is InChI=1S/C18H28N6O3/c1-7-8-22-15(25)13-14(21(5)17(22)26)19-16-23(13)11-12(18(2,3)4)20-24(16)9-10-27-6/h7-11H2,1-6H3. The maximum absolute atomic E-state index is 13.1. The van der Waals surface area contributed by atoms with E-state index in [2.05, 4.69) is 25.8 Å². The molecule has 0 aromatic carbocycles. The van der Waals surface area contributed by atoms with Crippen LogP contribution >= 0.6 is 0 Å². The Hall–Kier alpha value is -2.42. The monoisotopic (exact) mass is 376 g/mol. The lowest BCUT2D eigenvalue weighted by Crippen LogP contribution is -2.41. The number of aromatic nitrogens is 4. The van der Waals surface area contributed by atoms with Crippen LogP contribution in [0.2, 0.25) is 0 Å². The van der Waals surface area contributed by atoms with Crippen molar-refractivity contribution in [2.45, 2.75) is 47.2 Å². The van der Waals surface area contributed by atoms with Gasteiger partial charge in [-0.2, -0.15) is 10.1 Å². The largest absolute Gasteiger partial charge is 0.383 e. The Balaban J connectivity index is 2.29. The van der Waals surface area contributed by atoms with E-state index >= 15 is 0 Å². The molecule has 1 aliphatic heterocycles. The summed E-state index contributed by atoms with van der Waals surface area (Å²) in [6.45, 7) is 10.1. The molecule has 0 saturated heterocycles. The van der Waals surface area contributed by atoms with Crippen LogP contribution in [0.25, 0.3) is 11.2 Å². The number of nitrogens with zero attached hydrogens (tertiary/aromatic N) is 6. The first kappa shape index (κ1) is 19.3. The van der Waals surface area contributed by atoms with Crippen molar-refractivity contribution in [3.8, 4) is 0 Å². The molecular formula is C18H28N6O3. The number of methoxy groups -OCH3 is 1. The SMILES string of the molecule is CCCn1c(=O)c2c(nc3n2CC(C(C)(C)C)=NN3CCOC)n(C)c1=O. The molecule has 148 valence electrons. The molecule has 9 heteroatoms. The second-order valence-corrected chi connectivity index (χ2v) is 7.88. The summed E-state index contributed by atoms with van der Waals surface area (Å²) in [6, 6.07) is 0. The van der Waals surface area contributed by atoms with Gasteiger partial charge in [-0.1, -0.05) is 27.7 Å². The van der Waals surface area contributed by atoms with Gasteiger partial charge in [0.15, 0.2) is 11.2 Å². The molecule has 2 aromatic rings. The molecule has 0 aliphatic carbocycles. The van der Waals surface area contributed by atoms with Gasteiger partial charge in [0.1, 0.15) is 0 Å². The van der Waals surface area contributed by atoms with Gasteiger partial charge in [-0.3, -0.25) is 18.5 Å². The maximum atomic E-state index is 13.1. The third kappa shape index (κ3) is 3.20. The lowest BCUT2D eigenvalue weighted by atomic mass is 9.89. The zero-order valence-corrected chi connectivity index (χ0v) is 16.9. The van der Waals surface area contributed by atoms with E-state index in [1.807, 2.05) is 11.5 Å². The van der Waals surface area contributed by atoms with Crippen molar-refractivity contribution in [2.24, 2.45) is 17.6 Å². The van der Waals surface area contributed by atoms with E-state index in [-0.39, 0.29) is 16.7 Å². The quantitative estimate of drug-likeness (QED) is 0.782. The number of fused-ring (bicyclic) bond motifs is 3. The summed E-state index contributed by atoms with van der Waals surface area (Å²) >= 11 is 0. The molecule has 1 aliphatic rings. The summed E-state index contributed by atoms with van der Waals surface area (Å²) in [5, 5.41) is 6.52. The first-order valence-electron chi connectivity index (χ1n) is 9.25. The highest BCUT2D eigenvalue weighted by Gasteiger charge is 2.31. The van der Waals surface area contributed by atoms with Crippen LogP contribution in [0.3, 0.4) is 0 Å². The Morgan fingerprint density at radius 3 is 2.48 bits per heavy atom. The number of hydrogen-bond donors (Lipinski definition) is 0. The molecule has 0 spiro atoms. The minimum Gasteiger partial charge on any atom is -0.383 e. The first-order chi connectivity index (χ1) is 12.7. The molecule has 0 unspecified atom stereocenters. The number of aryl methyl sites for hydroxylation is 1. The van der Waals surface area contributed by atoms with E-state index < -0.39 is 0 Å². The topological polar surface area (TPSA) is 86.7 Å². The molecule has 0 bridgehead atoms. The molecule has 0 radical (unpaired) electrons. The van der Waals surface area contributed by atoms with E-state index in [4.69, 9.17) is 9.84 Å². The Morgan fingerprint density at radius 1 is 1.19 bits per heavy atom. The molecule has 0 fully saturated rings. The zero-order chi connectivity index (χ0) is 19.9.